The fraction of sp³-hybridized carbons (Fsp3) is 0.696. The highest BCUT2D eigenvalue weighted by Crippen LogP contribution is 2.16. The second-order valence-corrected chi connectivity index (χ2v) is 20.6. The number of hydrogen-bond donors (Lipinski definition) is 0. The molecule has 6 nitrogen and oxygen atoms in total. The predicted molar refractivity (Wildman–Crippen MR) is 325 cm³/mol. The minimum atomic E-state index is -0.816. The van der Waals surface area contributed by atoms with E-state index in [0.717, 1.165) is 103 Å². The van der Waals surface area contributed by atoms with Crippen LogP contribution in [0, 0.1) is 0 Å². The molecule has 0 saturated heterocycles. The van der Waals surface area contributed by atoms with E-state index >= 15 is 0 Å². The van der Waals surface area contributed by atoms with Gasteiger partial charge in [-0.25, -0.2) is 0 Å². The van der Waals surface area contributed by atoms with Crippen molar-refractivity contribution in [2.24, 2.45) is 0 Å². The SMILES string of the molecule is CC/C=C\C/C=C\C/C=C\C/C=C\CCC(=O)OCC(COC(=O)CCCCCCCCCCCCCCCC/C=C\C/C=C\C/C=C\CCCCCCC)OC(=O)CCCCCCC/C=C\C/C=C\CCCCC. The molecule has 0 aromatic heterocycles. The van der Waals surface area contributed by atoms with E-state index in [1.165, 1.54) is 141 Å². The van der Waals surface area contributed by atoms with Crippen molar-refractivity contribution < 1.29 is 28.6 Å². The average molecular weight is 1040 g/mol. The van der Waals surface area contributed by atoms with Crippen molar-refractivity contribution in [2.45, 2.75) is 297 Å². The minimum absolute atomic E-state index is 0.106. The van der Waals surface area contributed by atoms with Crippen molar-refractivity contribution in [3.8, 4) is 0 Å². The van der Waals surface area contributed by atoms with Crippen molar-refractivity contribution >= 4 is 17.9 Å². The third kappa shape index (κ3) is 60.8. The summed E-state index contributed by atoms with van der Waals surface area (Å²) in [7, 11) is 0. The van der Waals surface area contributed by atoms with Crippen molar-refractivity contribution in [3.63, 3.8) is 0 Å². The quantitative estimate of drug-likeness (QED) is 0.0261. The molecular formula is C69H116O6. The predicted octanol–water partition coefficient (Wildman–Crippen LogP) is 21.4. The van der Waals surface area contributed by atoms with Crippen molar-refractivity contribution in [3.05, 3.63) is 109 Å². The van der Waals surface area contributed by atoms with E-state index in [2.05, 4.69) is 124 Å². The van der Waals surface area contributed by atoms with Crippen LogP contribution in [0.15, 0.2) is 109 Å². The Bertz CT molecular complexity index is 1520. The number of carbonyl (C=O) groups excluding carboxylic acids is 3. The van der Waals surface area contributed by atoms with Gasteiger partial charge in [0.2, 0.25) is 0 Å². The molecule has 75 heavy (non-hydrogen) atoms. The molecule has 1 unspecified atom stereocenters. The van der Waals surface area contributed by atoms with Gasteiger partial charge in [-0.1, -0.05) is 265 Å². The molecule has 0 bridgehead atoms. The van der Waals surface area contributed by atoms with Crippen molar-refractivity contribution in [1.29, 1.82) is 0 Å². The number of carbonyl (C=O) groups is 3. The standard InChI is InChI=1S/C69H116O6/c1-4-7-10-13-16-19-22-25-27-28-29-30-31-32-33-34-35-36-37-38-39-40-42-44-47-50-53-56-59-62-68(71)74-65-66(64-73-67(70)61-58-55-52-49-46-43-24-21-18-15-12-9-6-3)75-69(72)63-60-57-54-51-48-45-41-26-23-20-17-14-11-8-5-2/h9,12,17-18,20-22,25-26,28-29,31-32,41,43,46,52,55,66H,4-8,10-11,13-16,19,23-24,27,30,33-40,42,44-45,47-51,53-54,56-65H2,1-3H3/b12-9-,20-17-,21-18-,25-22-,29-28-,32-31-,41-26-,46-43-,55-52-. The lowest BCUT2D eigenvalue weighted by Crippen LogP contribution is -2.30. The molecule has 0 radical (unpaired) electrons. The Labute approximate surface area is 463 Å². The van der Waals surface area contributed by atoms with Crippen LogP contribution in [0.25, 0.3) is 0 Å². The largest absolute Gasteiger partial charge is 0.462 e. The Morgan fingerprint density at radius 2 is 0.547 bits per heavy atom. The number of esters is 3. The second kappa shape index (κ2) is 62.6. The minimum Gasteiger partial charge on any atom is -0.462 e. The summed E-state index contributed by atoms with van der Waals surface area (Å²) in [6.45, 7) is 6.42. The molecule has 0 spiro atoms. The molecule has 0 aromatic carbocycles. The Hall–Kier alpha value is -3.93. The zero-order valence-electron chi connectivity index (χ0n) is 49.0. The van der Waals surface area contributed by atoms with Gasteiger partial charge in [0, 0.05) is 19.3 Å². The van der Waals surface area contributed by atoms with Crippen LogP contribution in [0.2, 0.25) is 0 Å². The van der Waals surface area contributed by atoms with Crippen LogP contribution in [-0.2, 0) is 28.6 Å². The molecule has 0 rings (SSSR count). The second-order valence-electron chi connectivity index (χ2n) is 20.6. The Morgan fingerprint density at radius 1 is 0.280 bits per heavy atom. The van der Waals surface area contributed by atoms with Gasteiger partial charge in [0.1, 0.15) is 13.2 Å². The first-order valence-electron chi connectivity index (χ1n) is 31.4. The molecule has 428 valence electrons. The number of hydrogen-bond acceptors (Lipinski definition) is 6. The normalized spacial score (nSPS) is 12.8. The maximum Gasteiger partial charge on any atom is 0.306 e. The summed E-state index contributed by atoms with van der Waals surface area (Å²) in [5.41, 5.74) is 0. The van der Waals surface area contributed by atoms with Crippen LogP contribution in [0.5, 0.6) is 0 Å². The van der Waals surface area contributed by atoms with Gasteiger partial charge >= 0.3 is 17.9 Å². The van der Waals surface area contributed by atoms with Gasteiger partial charge in [-0.15, -0.1) is 0 Å². The Balaban J connectivity index is 4.28. The van der Waals surface area contributed by atoms with Gasteiger partial charge in [-0.2, -0.15) is 0 Å². The number of unbranched alkanes of at least 4 members (excludes halogenated alkanes) is 27. The highest BCUT2D eigenvalue weighted by Gasteiger charge is 2.19. The summed E-state index contributed by atoms with van der Waals surface area (Å²) in [6.07, 6.45) is 85.5. The van der Waals surface area contributed by atoms with Crippen LogP contribution in [-0.4, -0.2) is 37.2 Å². The van der Waals surface area contributed by atoms with Crippen LogP contribution < -0.4 is 0 Å². The fourth-order valence-corrected chi connectivity index (χ4v) is 8.55. The van der Waals surface area contributed by atoms with E-state index in [0.29, 0.717) is 19.3 Å². The molecule has 0 aliphatic rings. The molecule has 0 heterocycles. The summed E-state index contributed by atoms with van der Waals surface area (Å²) in [5, 5.41) is 0. The van der Waals surface area contributed by atoms with Crippen LogP contribution in [0.4, 0.5) is 0 Å². The Kier molecular flexibility index (Phi) is 59.3. The average Bonchev–Trinajstić information content (AvgIpc) is 3.41. The summed E-state index contributed by atoms with van der Waals surface area (Å²) in [4.78, 5) is 38.2. The van der Waals surface area contributed by atoms with Gasteiger partial charge in [0.15, 0.2) is 6.10 Å². The van der Waals surface area contributed by atoms with Crippen molar-refractivity contribution in [1.82, 2.24) is 0 Å². The fourth-order valence-electron chi connectivity index (χ4n) is 8.55. The van der Waals surface area contributed by atoms with E-state index in [1.807, 2.05) is 6.08 Å². The summed E-state index contributed by atoms with van der Waals surface area (Å²) < 4.78 is 16.8. The first-order chi connectivity index (χ1) is 37.0. The zero-order chi connectivity index (χ0) is 54.3. The van der Waals surface area contributed by atoms with Gasteiger partial charge in [0.05, 0.1) is 0 Å². The van der Waals surface area contributed by atoms with Gasteiger partial charge in [0.25, 0.3) is 0 Å². The van der Waals surface area contributed by atoms with E-state index in [-0.39, 0.29) is 37.5 Å². The topological polar surface area (TPSA) is 78.9 Å². The maximum absolute atomic E-state index is 12.9. The van der Waals surface area contributed by atoms with E-state index < -0.39 is 6.10 Å². The summed E-state index contributed by atoms with van der Waals surface area (Å²) in [5.74, 6) is -1.00. The Morgan fingerprint density at radius 3 is 0.920 bits per heavy atom. The number of allylic oxidation sites excluding steroid dienone is 18. The van der Waals surface area contributed by atoms with E-state index in [4.69, 9.17) is 14.2 Å². The zero-order valence-corrected chi connectivity index (χ0v) is 49.0. The van der Waals surface area contributed by atoms with Gasteiger partial charge in [-0.3, -0.25) is 14.4 Å². The molecule has 0 fully saturated rings. The first kappa shape index (κ1) is 71.1. The molecule has 6 heteroatoms. The van der Waals surface area contributed by atoms with Crippen LogP contribution in [0.3, 0.4) is 0 Å². The lowest BCUT2D eigenvalue weighted by atomic mass is 10.0. The van der Waals surface area contributed by atoms with Crippen LogP contribution >= 0.6 is 0 Å². The smallest absolute Gasteiger partial charge is 0.306 e. The third-order valence-corrected chi connectivity index (χ3v) is 13.2. The molecule has 0 aliphatic heterocycles. The summed E-state index contributed by atoms with van der Waals surface area (Å²) in [6, 6.07) is 0. The molecule has 0 aliphatic carbocycles. The van der Waals surface area contributed by atoms with E-state index in [9.17, 15) is 14.4 Å². The molecule has 0 saturated carbocycles. The summed E-state index contributed by atoms with van der Waals surface area (Å²) >= 11 is 0. The first-order valence-corrected chi connectivity index (χ1v) is 31.4. The van der Waals surface area contributed by atoms with Crippen LogP contribution in [0.1, 0.15) is 290 Å². The number of ether oxygens (including phenoxy) is 3. The van der Waals surface area contributed by atoms with Gasteiger partial charge in [-0.05, 0) is 116 Å². The molecule has 0 aromatic rings. The molecule has 1 atom stereocenters. The monoisotopic (exact) mass is 1040 g/mol. The molecule has 0 amide bonds. The lowest BCUT2D eigenvalue weighted by molar-refractivity contribution is -0.166. The van der Waals surface area contributed by atoms with E-state index in [1.54, 1.807) is 0 Å². The maximum atomic E-state index is 12.9. The highest BCUT2D eigenvalue weighted by molar-refractivity contribution is 5.71. The highest BCUT2D eigenvalue weighted by atomic mass is 16.6. The van der Waals surface area contributed by atoms with Crippen molar-refractivity contribution in [2.75, 3.05) is 13.2 Å². The lowest BCUT2D eigenvalue weighted by Gasteiger charge is -2.18. The number of rotatable bonds is 56. The molecular weight excluding hydrogens is 925 g/mol. The van der Waals surface area contributed by atoms with Gasteiger partial charge < -0.3 is 14.2 Å². The molecule has 0 N–H and O–H groups in total. The third-order valence-electron chi connectivity index (χ3n) is 13.2.